The zero-order valence-electron chi connectivity index (χ0n) is 10.6. The second-order valence-corrected chi connectivity index (χ2v) is 5.52. The molecule has 2 nitrogen and oxygen atoms in total. The number of hydrogen-bond acceptors (Lipinski definition) is 2. The maximum Gasteiger partial charge on any atom is 0.0727 e. The van der Waals surface area contributed by atoms with Gasteiger partial charge in [-0.2, -0.15) is 0 Å². The van der Waals surface area contributed by atoms with E-state index < -0.39 is 0 Å². The average Bonchev–Trinajstić information content (AvgIpc) is 2.27. The van der Waals surface area contributed by atoms with E-state index in [9.17, 15) is 0 Å². The van der Waals surface area contributed by atoms with Crippen molar-refractivity contribution in [2.24, 2.45) is 11.7 Å². The molecular formula is C13H26N2S. The SMILES string of the molecule is CCCC1CCN(CCCCC(N)=S)CC1. The van der Waals surface area contributed by atoms with E-state index >= 15 is 0 Å². The van der Waals surface area contributed by atoms with Gasteiger partial charge in [0.05, 0.1) is 4.99 Å². The van der Waals surface area contributed by atoms with Crippen LogP contribution in [0, 0.1) is 5.92 Å². The van der Waals surface area contributed by atoms with Crippen molar-refractivity contribution in [3.05, 3.63) is 0 Å². The van der Waals surface area contributed by atoms with Gasteiger partial charge in [0.25, 0.3) is 0 Å². The Bertz CT molecular complexity index is 198. The number of nitrogens with two attached hydrogens (primary N) is 1. The number of piperidine rings is 1. The van der Waals surface area contributed by atoms with Crippen molar-refractivity contribution in [3.8, 4) is 0 Å². The van der Waals surface area contributed by atoms with Crippen LogP contribution in [-0.2, 0) is 0 Å². The highest BCUT2D eigenvalue weighted by atomic mass is 32.1. The molecule has 0 unspecified atom stereocenters. The fourth-order valence-electron chi connectivity index (χ4n) is 2.54. The van der Waals surface area contributed by atoms with E-state index in [2.05, 4.69) is 11.8 Å². The quantitative estimate of drug-likeness (QED) is 0.550. The number of likely N-dealkylation sites (tertiary alicyclic amines) is 1. The summed E-state index contributed by atoms with van der Waals surface area (Å²) >= 11 is 4.87. The molecule has 0 bridgehead atoms. The van der Waals surface area contributed by atoms with Gasteiger partial charge in [0.1, 0.15) is 0 Å². The third-order valence-corrected chi connectivity index (χ3v) is 3.76. The predicted molar refractivity (Wildman–Crippen MR) is 74.7 cm³/mol. The van der Waals surface area contributed by atoms with Gasteiger partial charge < -0.3 is 10.6 Å². The topological polar surface area (TPSA) is 29.3 Å². The van der Waals surface area contributed by atoms with Crippen LogP contribution in [0.3, 0.4) is 0 Å². The van der Waals surface area contributed by atoms with E-state index in [1.54, 1.807) is 0 Å². The van der Waals surface area contributed by atoms with E-state index in [0.29, 0.717) is 4.99 Å². The molecule has 0 aliphatic carbocycles. The molecule has 2 N–H and O–H groups in total. The van der Waals surface area contributed by atoms with Crippen molar-refractivity contribution in [2.75, 3.05) is 19.6 Å². The summed E-state index contributed by atoms with van der Waals surface area (Å²) < 4.78 is 0. The van der Waals surface area contributed by atoms with Crippen LogP contribution >= 0.6 is 12.2 Å². The van der Waals surface area contributed by atoms with Crippen molar-refractivity contribution in [3.63, 3.8) is 0 Å². The van der Waals surface area contributed by atoms with Crippen LogP contribution in [0.5, 0.6) is 0 Å². The molecule has 0 aromatic rings. The minimum Gasteiger partial charge on any atom is -0.393 e. The van der Waals surface area contributed by atoms with Crippen LogP contribution in [-0.4, -0.2) is 29.5 Å². The maximum atomic E-state index is 5.48. The number of unbranched alkanes of at least 4 members (excludes halogenated alkanes) is 1. The highest BCUT2D eigenvalue weighted by Crippen LogP contribution is 2.21. The van der Waals surface area contributed by atoms with Gasteiger partial charge >= 0.3 is 0 Å². The Morgan fingerprint density at radius 3 is 2.56 bits per heavy atom. The Hall–Kier alpha value is -0.150. The Morgan fingerprint density at radius 1 is 1.31 bits per heavy atom. The predicted octanol–water partition coefficient (Wildman–Crippen LogP) is 2.95. The van der Waals surface area contributed by atoms with Crippen LogP contribution in [0.2, 0.25) is 0 Å². The zero-order valence-corrected chi connectivity index (χ0v) is 11.4. The summed E-state index contributed by atoms with van der Waals surface area (Å²) in [4.78, 5) is 3.27. The third-order valence-electron chi connectivity index (χ3n) is 3.55. The molecule has 0 atom stereocenters. The molecule has 16 heavy (non-hydrogen) atoms. The van der Waals surface area contributed by atoms with Crippen LogP contribution in [0.25, 0.3) is 0 Å². The standard InChI is InChI=1S/C13H26N2S/c1-2-5-12-7-10-15(11-8-12)9-4-3-6-13(14)16/h12H,2-11H2,1H3,(H2,14,16). The van der Waals surface area contributed by atoms with Crippen molar-refractivity contribution < 1.29 is 0 Å². The summed E-state index contributed by atoms with van der Waals surface area (Å²) in [5.74, 6) is 0.998. The Kier molecular flexibility index (Phi) is 6.97. The first-order valence-electron chi connectivity index (χ1n) is 6.73. The maximum absolute atomic E-state index is 5.48. The minimum absolute atomic E-state index is 0.668. The summed E-state index contributed by atoms with van der Waals surface area (Å²) in [7, 11) is 0. The lowest BCUT2D eigenvalue weighted by atomic mass is 9.92. The number of thiocarbonyl (C=S) groups is 1. The molecule has 0 aromatic heterocycles. The number of hydrogen-bond donors (Lipinski definition) is 1. The smallest absolute Gasteiger partial charge is 0.0727 e. The molecule has 1 fully saturated rings. The van der Waals surface area contributed by atoms with Gasteiger partial charge in [-0.05, 0) is 57.7 Å². The Labute approximate surface area is 106 Å². The molecule has 1 saturated heterocycles. The molecule has 0 radical (unpaired) electrons. The minimum atomic E-state index is 0.668. The highest BCUT2D eigenvalue weighted by molar-refractivity contribution is 7.80. The molecule has 0 spiro atoms. The van der Waals surface area contributed by atoms with Gasteiger partial charge in [-0.15, -0.1) is 0 Å². The largest absolute Gasteiger partial charge is 0.393 e. The van der Waals surface area contributed by atoms with Gasteiger partial charge in [0.15, 0.2) is 0 Å². The molecule has 0 amide bonds. The van der Waals surface area contributed by atoms with Gasteiger partial charge in [-0.3, -0.25) is 0 Å². The van der Waals surface area contributed by atoms with E-state index in [4.69, 9.17) is 18.0 Å². The van der Waals surface area contributed by atoms with Crippen molar-refractivity contribution in [2.45, 2.75) is 51.9 Å². The normalized spacial score (nSPS) is 18.8. The van der Waals surface area contributed by atoms with E-state index in [1.807, 2.05) is 0 Å². The van der Waals surface area contributed by atoms with Crippen molar-refractivity contribution in [1.29, 1.82) is 0 Å². The van der Waals surface area contributed by atoms with Crippen LogP contribution in [0.4, 0.5) is 0 Å². The molecule has 0 saturated carbocycles. The Balaban J connectivity index is 2.01. The van der Waals surface area contributed by atoms with E-state index in [1.165, 1.54) is 51.7 Å². The lowest BCUT2D eigenvalue weighted by Gasteiger charge is -2.31. The molecule has 1 rings (SSSR count). The molecule has 1 aliphatic rings. The van der Waals surface area contributed by atoms with E-state index in [0.717, 1.165) is 18.8 Å². The first-order valence-corrected chi connectivity index (χ1v) is 7.14. The average molecular weight is 242 g/mol. The Morgan fingerprint density at radius 2 is 2.00 bits per heavy atom. The molecule has 94 valence electrons. The first kappa shape index (κ1) is 13.9. The second-order valence-electron chi connectivity index (χ2n) is 5.00. The lowest BCUT2D eigenvalue weighted by Crippen LogP contribution is -2.34. The number of nitrogens with zero attached hydrogens (tertiary/aromatic N) is 1. The van der Waals surface area contributed by atoms with Gasteiger partial charge in [0, 0.05) is 0 Å². The zero-order chi connectivity index (χ0) is 11.8. The van der Waals surface area contributed by atoms with Crippen molar-refractivity contribution >= 4 is 17.2 Å². The molecule has 1 heterocycles. The number of rotatable bonds is 7. The fourth-order valence-corrected chi connectivity index (χ4v) is 2.69. The highest BCUT2D eigenvalue weighted by Gasteiger charge is 2.17. The molecular weight excluding hydrogens is 216 g/mol. The first-order chi connectivity index (χ1) is 7.72. The monoisotopic (exact) mass is 242 g/mol. The van der Waals surface area contributed by atoms with Crippen LogP contribution in [0.1, 0.15) is 51.9 Å². The van der Waals surface area contributed by atoms with Crippen LogP contribution < -0.4 is 5.73 Å². The van der Waals surface area contributed by atoms with Gasteiger partial charge in [-0.25, -0.2) is 0 Å². The van der Waals surface area contributed by atoms with Crippen LogP contribution in [0.15, 0.2) is 0 Å². The van der Waals surface area contributed by atoms with Gasteiger partial charge in [0.2, 0.25) is 0 Å². The fraction of sp³-hybridized carbons (Fsp3) is 0.923. The summed E-state index contributed by atoms with van der Waals surface area (Å²) in [6, 6.07) is 0. The van der Waals surface area contributed by atoms with Gasteiger partial charge in [-0.1, -0.05) is 32.0 Å². The van der Waals surface area contributed by atoms with E-state index in [-0.39, 0.29) is 0 Å². The third kappa shape index (κ3) is 5.80. The summed E-state index contributed by atoms with van der Waals surface area (Å²) in [6.45, 7) is 6.14. The second kappa shape index (κ2) is 8.02. The summed E-state index contributed by atoms with van der Waals surface area (Å²) in [5.41, 5.74) is 5.48. The van der Waals surface area contributed by atoms with Crippen molar-refractivity contribution in [1.82, 2.24) is 4.90 Å². The lowest BCUT2D eigenvalue weighted by molar-refractivity contribution is 0.176. The summed E-state index contributed by atoms with van der Waals surface area (Å²) in [6.07, 6.45) is 8.90. The molecule has 0 aromatic carbocycles. The molecule has 1 aliphatic heterocycles. The molecule has 3 heteroatoms. The summed E-state index contributed by atoms with van der Waals surface area (Å²) in [5, 5.41) is 0.